The van der Waals surface area contributed by atoms with Crippen LogP contribution in [0.15, 0.2) is 0 Å². The number of aliphatic hydroxyl groups is 1. The van der Waals surface area contributed by atoms with Crippen molar-refractivity contribution in [3.8, 4) is 0 Å². The Balaban J connectivity index is 2.40. The summed E-state index contributed by atoms with van der Waals surface area (Å²) in [6.45, 7) is 3.16. The summed E-state index contributed by atoms with van der Waals surface area (Å²) in [6, 6.07) is 0. The van der Waals surface area contributed by atoms with E-state index in [2.05, 4.69) is 0 Å². The first kappa shape index (κ1) is 9.81. The van der Waals surface area contributed by atoms with E-state index in [1.807, 2.05) is 0 Å². The van der Waals surface area contributed by atoms with Crippen LogP contribution >= 0.6 is 11.6 Å². The number of amides is 1. The van der Waals surface area contributed by atoms with Gasteiger partial charge in [0.2, 0.25) is 5.91 Å². The number of rotatable bonds is 2. The van der Waals surface area contributed by atoms with Crippen LogP contribution < -0.4 is 0 Å². The quantitative estimate of drug-likeness (QED) is 0.645. The number of alkyl halides is 1. The molecule has 0 spiro atoms. The molecular weight excluding hydrogens is 178 g/mol. The third-order valence-corrected chi connectivity index (χ3v) is 2.60. The minimum Gasteiger partial charge on any atom is -0.393 e. The molecule has 2 atom stereocenters. The molecule has 1 saturated heterocycles. The highest BCUT2D eigenvalue weighted by atomic mass is 35.5. The van der Waals surface area contributed by atoms with Crippen LogP contribution in [0.2, 0.25) is 0 Å². The third-order valence-electron chi connectivity index (χ3n) is 2.37. The van der Waals surface area contributed by atoms with Gasteiger partial charge in [0.1, 0.15) is 5.88 Å². The number of hydrogen-bond donors (Lipinski definition) is 1. The predicted octanol–water partition coefficient (Wildman–Crippen LogP) is 0.454. The second kappa shape index (κ2) is 4.10. The van der Waals surface area contributed by atoms with Gasteiger partial charge in [0.25, 0.3) is 0 Å². The van der Waals surface area contributed by atoms with Crippen molar-refractivity contribution in [2.45, 2.75) is 19.4 Å². The molecule has 0 bridgehead atoms. The maximum absolute atomic E-state index is 11.1. The van der Waals surface area contributed by atoms with E-state index in [0.717, 1.165) is 13.0 Å². The highest BCUT2D eigenvalue weighted by Gasteiger charge is 2.28. The van der Waals surface area contributed by atoms with Gasteiger partial charge in [-0.05, 0) is 13.3 Å². The summed E-state index contributed by atoms with van der Waals surface area (Å²) in [7, 11) is 0. The Kier molecular flexibility index (Phi) is 3.35. The van der Waals surface area contributed by atoms with Gasteiger partial charge in [-0.1, -0.05) is 0 Å². The van der Waals surface area contributed by atoms with Gasteiger partial charge in [0.05, 0.1) is 6.10 Å². The SMILES string of the molecule is CC(O)C1CCN(C(=O)CCl)C1. The van der Waals surface area contributed by atoms with Gasteiger partial charge in [-0.2, -0.15) is 0 Å². The average Bonchev–Trinajstić information content (AvgIpc) is 2.51. The Morgan fingerprint density at radius 3 is 2.92 bits per heavy atom. The van der Waals surface area contributed by atoms with E-state index < -0.39 is 0 Å². The summed E-state index contributed by atoms with van der Waals surface area (Å²) < 4.78 is 0. The van der Waals surface area contributed by atoms with Crippen molar-refractivity contribution in [3.05, 3.63) is 0 Å². The maximum atomic E-state index is 11.1. The van der Waals surface area contributed by atoms with Gasteiger partial charge in [-0.15, -0.1) is 11.6 Å². The van der Waals surface area contributed by atoms with E-state index in [1.165, 1.54) is 0 Å². The molecule has 0 radical (unpaired) electrons. The van der Waals surface area contributed by atoms with Crippen molar-refractivity contribution >= 4 is 17.5 Å². The first-order chi connectivity index (χ1) is 5.65. The number of carbonyl (C=O) groups excluding carboxylic acids is 1. The van der Waals surface area contributed by atoms with Gasteiger partial charge in [-0.25, -0.2) is 0 Å². The van der Waals surface area contributed by atoms with Gasteiger partial charge < -0.3 is 10.0 Å². The zero-order valence-corrected chi connectivity index (χ0v) is 7.92. The molecule has 1 aliphatic heterocycles. The zero-order valence-electron chi connectivity index (χ0n) is 7.16. The van der Waals surface area contributed by atoms with E-state index in [9.17, 15) is 9.90 Å². The molecule has 0 aromatic rings. The average molecular weight is 192 g/mol. The smallest absolute Gasteiger partial charge is 0.237 e. The largest absolute Gasteiger partial charge is 0.393 e. The third kappa shape index (κ3) is 2.11. The lowest BCUT2D eigenvalue weighted by Gasteiger charge is -2.16. The number of carbonyl (C=O) groups is 1. The van der Waals surface area contributed by atoms with Gasteiger partial charge >= 0.3 is 0 Å². The summed E-state index contributed by atoms with van der Waals surface area (Å²) in [5.74, 6) is 0.254. The number of halogens is 1. The van der Waals surface area contributed by atoms with Gasteiger partial charge in [-0.3, -0.25) is 4.79 Å². The highest BCUT2D eigenvalue weighted by Crippen LogP contribution is 2.19. The summed E-state index contributed by atoms with van der Waals surface area (Å²) in [5.41, 5.74) is 0. The molecule has 1 heterocycles. The lowest BCUT2D eigenvalue weighted by molar-refractivity contribution is -0.127. The Hall–Kier alpha value is -0.280. The van der Waals surface area contributed by atoms with Crippen LogP contribution in [0.5, 0.6) is 0 Å². The predicted molar refractivity (Wildman–Crippen MR) is 47.1 cm³/mol. The van der Waals surface area contributed by atoms with E-state index in [-0.39, 0.29) is 23.8 Å². The molecule has 1 aliphatic rings. The normalized spacial score (nSPS) is 25.9. The number of aliphatic hydroxyl groups excluding tert-OH is 1. The lowest BCUT2D eigenvalue weighted by atomic mass is 10.0. The van der Waals surface area contributed by atoms with Crippen LogP contribution in [-0.2, 0) is 4.79 Å². The Morgan fingerprint density at radius 1 is 1.83 bits per heavy atom. The Morgan fingerprint density at radius 2 is 2.50 bits per heavy atom. The van der Waals surface area contributed by atoms with E-state index >= 15 is 0 Å². The second-order valence-corrected chi connectivity index (χ2v) is 3.53. The molecule has 3 nitrogen and oxygen atoms in total. The molecule has 0 aliphatic carbocycles. The van der Waals surface area contributed by atoms with Crippen molar-refractivity contribution in [1.29, 1.82) is 0 Å². The first-order valence-corrected chi connectivity index (χ1v) is 4.70. The number of hydrogen-bond acceptors (Lipinski definition) is 2. The van der Waals surface area contributed by atoms with Crippen molar-refractivity contribution in [1.82, 2.24) is 4.90 Å². The molecule has 1 N–H and O–H groups in total. The molecule has 0 aromatic heterocycles. The first-order valence-electron chi connectivity index (χ1n) is 4.17. The summed E-state index contributed by atoms with van der Waals surface area (Å²) in [4.78, 5) is 12.8. The Labute approximate surface area is 77.3 Å². The van der Waals surface area contributed by atoms with Crippen LogP contribution in [0, 0.1) is 5.92 Å². The molecule has 1 amide bonds. The number of nitrogens with zero attached hydrogens (tertiary/aromatic N) is 1. The van der Waals surface area contributed by atoms with Crippen molar-refractivity contribution in [2.24, 2.45) is 5.92 Å². The topological polar surface area (TPSA) is 40.5 Å². The maximum Gasteiger partial charge on any atom is 0.237 e. The summed E-state index contributed by atoms with van der Waals surface area (Å²) in [6.07, 6.45) is 0.568. The number of likely N-dealkylation sites (tertiary alicyclic amines) is 1. The minimum absolute atomic E-state index is 0.0279. The fraction of sp³-hybridized carbons (Fsp3) is 0.875. The molecule has 0 saturated carbocycles. The van der Waals surface area contributed by atoms with Crippen LogP contribution in [0.4, 0.5) is 0 Å². The molecule has 2 unspecified atom stereocenters. The fourth-order valence-electron chi connectivity index (χ4n) is 1.49. The van der Waals surface area contributed by atoms with Crippen molar-refractivity contribution < 1.29 is 9.90 Å². The monoisotopic (exact) mass is 191 g/mol. The van der Waals surface area contributed by atoms with Crippen molar-refractivity contribution in [2.75, 3.05) is 19.0 Å². The van der Waals surface area contributed by atoms with Crippen LogP contribution in [0.3, 0.4) is 0 Å². The molecule has 70 valence electrons. The lowest BCUT2D eigenvalue weighted by Crippen LogP contribution is -2.31. The van der Waals surface area contributed by atoms with Crippen LogP contribution in [0.1, 0.15) is 13.3 Å². The van der Waals surface area contributed by atoms with Crippen LogP contribution in [0.25, 0.3) is 0 Å². The molecule has 12 heavy (non-hydrogen) atoms. The highest BCUT2D eigenvalue weighted by molar-refractivity contribution is 6.27. The summed E-state index contributed by atoms with van der Waals surface area (Å²) >= 11 is 5.41. The second-order valence-electron chi connectivity index (χ2n) is 3.26. The van der Waals surface area contributed by atoms with Gasteiger partial charge in [0, 0.05) is 19.0 Å². The minimum atomic E-state index is -0.321. The molecule has 0 aromatic carbocycles. The van der Waals surface area contributed by atoms with Gasteiger partial charge in [0.15, 0.2) is 0 Å². The fourth-order valence-corrected chi connectivity index (χ4v) is 1.66. The Bertz CT molecular complexity index is 172. The molecular formula is C8H14ClNO2. The molecule has 4 heteroatoms. The standard InChI is InChI=1S/C8H14ClNO2/c1-6(11)7-2-3-10(5-7)8(12)4-9/h6-7,11H,2-5H2,1H3. The zero-order chi connectivity index (χ0) is 9.14. The van der Waals surface area contributed by atoms with E-state index in [0.29, 0.717) is 6.54 Å². The molecule has 1 rings (SSSR count). The van der Waals surface area contributed by atoms with Crippen LogP contribution in [-0.4, -0.2) is 41.0 Å². The summed E-state index contributed by atoms with van der Waals surface area (Å²) in [5, 5.41) is 9.25. The van der Waals surface area contributed by atoms with E-state index in [1.54, 1.807) is 11.8 Å². The molecule has 1 fully saturated rings. The van der Waals surface area contributed by atoms with Crippen molar-refractivity contribution in [3.63, 3.8) is 0 Å². The van der Waals surface area contributed by atoms with E-state index in [4.69, 9.17) is 11.6 Å².